The van der Waals surface area contributed by atoms with E-state index in [1.54, 1.807) is 0 Å². The molecule has 2 rings (SSSR count). The Labute approximate surface area is 145 Å². The highest BCUT2D eigenvalue weighted by Gasteiger charge is 2.07. The second-order valence-electron chi connectivity index (χ2n) is 6.55. The lowest BCUT2D eigenvalue weighted by molar-refractivity contribution is 0.112. The first-order valence-corrected chi connectivity index (χ1v) is 8.47. The van der Waals surface area contributed by atoms with Gasteiger partial charge in [-0.05, 0) is 62.4 Å². The lowest BCUT2D eigenvalue weighted by Gasteiger charge is -2.09. The van der Waals surface area contributed by atoms with Crippen molar-refractivity contribution in [3.05, 3.63) is 76.9 Å². The third-order valence-electron chi connectivity index (χ3n) is 4.22. The molecule has 0 heterocycles. The molecule has 2 aromatic rings. The normalized spacial score (nSPS) is 12.3. The van der Waals surface area contributed by atoms with Crippen molar-refractivity contribution < 1.29 is 4.79 Å². The number of carbonyl (C=O) groups excluding carboxylic acids is 1. The average molecular weight is 318 g/mol. The number of rotatable bonds is 6. The van der Waals surface area contributed by atoms with Gasteiger partial charge in [0.25, 0.3) is 0 Å². The van der Waals surface area contributed by atoms with E-state index in [0.717, 1.165) is 46.6 Å². The molecule has 0 spiro atoms. The zero-order valence-corrected chi connectivity index (χ0v) is 15.1. The standard InChI is InChI=1S/C23H26O/c1-17(2)8-7-9-18(3)12-13-19(4)21-15-14-20-10-5-6-11-22(20)23(21)16-24/h5-6,8,10-16H,7,9H2,1-4H3. The van der Waals surface area contributed by atoms with Gasteiger partial charge in [-0.15, -0.1) is 0 Å². The Morgan fingerprint density at radius 1 is 0.958 bits per heavy atom. The minimum Gasteiger partial charge on any atom is -0.298 e. The second-order valence-corrected chi connectivity index (χ2v) is 6.55. The molecule has 0 fully saturated rings. The Morgan fingerprint density at radius 2 is 1.71 bits per heavy atom. The molecule has 1 nitrogen and oxygen atoms in total. The van der Waals surface area contributed by atoms with Gasteiger partial charge in [0.05, 0.1) is 0 Å². The molecule has 124 valence electrons. The molecule has 0 aliphatic carbocycles. The first-order chi connectivity index (χ1) is 11.5. The molecule has 0 saturated heterocycles. The SMILES string of the molecule is CC(C)=CCCC(C)=CC=C(C)c1ccc2ccccc2c1C=O. The molecule has 2 aromatic carbocycles. The summed E-state index contributed by atoms with van der Waals surface area (Å²) < 4.78 is 0. The van der Waals surface area contributed by atoms with Gasteiger partial charge in [0, 0.05) is 5.56 Å². The van der Waals surface area contributed by atoms with Crippen LogP contribution in [-0.4, -0.2) is 6.29 Å². The molecule has 0 aliphatic heterocycles. The maximum absolute atomic E-state index is 11.6. The van der Waals surface area contributed by atoms with Gasteiger partial charge < -0.3 is 0 Å². The predicted octanol–water partition coefficient (Wildman–Crippen LogP) is 6.75. The molecule has 0 atom stereocenters. The third-order valence-corrected chi connectivity index (χ3v) is 4.22. The quantitative estimate of drug-likeness (QED) is 0.327. The smallest absolute Gasteiger partial charge is 0.151 e. The summed E-state index contributed by atoms with van der Waals surface area (Å²) in [6.45, 7) is 8.48. The van der Waals surface area contributed by atoms with Gasteiger partial charge in [-0.2, -0.15) is 0 Å². The molecule has 0 saturated carbocycles. The van der Waals surface area contributed by atoms with Crippen LogP contribution in [0, 0.1) is 0 Å². The molecular weight excluding hydrogens is 292 g/mol. The van der Waals surface area contributed by atoms with E-state index in [4.69, 9.17) is 0 Å². The highest BCUT2D eigenvalue weighted by atomic mass is 16.1. The number of aldehydes is 1. The molecule has 0 unspecified atom stereocenters. The topological polar surface area (TPSA) is 17.1 Å². The first kappa shape index (κ1) is 17.9. The summed E-state index contributed by atoms with van der Waals surface area (Å²) in [6, 6.07) is 12.2. The zero-order valence-electron chi connectivity index (χ0n) is 15.1. The lowest BCUT2D eigenvalue weighted by Crippen LogP contribution is -1.92. The fourth-order valence-corrected chi connectivity index (χ4v) is 2.80. The molecule has 0 aliphatic rings. The summed E-state index contributed by atoms with van der Waals surface area (Å²) >= 11 is 0. The maximum Gasteiger partial charge on any atom is 0.151 e. The van der Waals surface area contributed by atoms with Crippen molar-refractivity contribution in [2.75, 3.05) is 0 Å². The molecule has 1 heteroatoms. The molecular formula is C23H26O. The largest absolute Gasteiger partial charge is 0.298 e. The zero-order chi connectivity index (χ0) is 17.5. The fraction of sp³-hybridized carbons (Fsp3) is 0.261. The number of hydrogen-bond donors (Lipinski definition) is 0. The molecule has 0 aromatic heterocycles. The first-order valence-electron chi connectivity index (χ1n) is 8.47. The van der Waals surface area contributed by atoms with E-state index in [2.05, 4.69) is 52.0 Å². The Balaban J connectivity index is 2.28. The second kappa shape index (κ2) is 8.44. The van der Waals surface area contributed by atoms with Crippen LogP contribution in [0.4, 0.5) is 0 Å². The Hall–Kier alpha value is -2.41. The van der Waals surface area contributed by atoms with Crippen LogP contribution in [0.15, 0.2) is 65.8 Å². The number of benzene rings is 2. The van der Waals surface area contributed by atoms with Gasteiger partial charge in [0.1, 0.15) is 0 Å². The van der Waals surface area contributed by atoms with E-state index >= 15 is 0 Å². The van der Waals surface area contributed by atoms with Gasteiger partial charge in [0.15, 0.2) is 6.29 Å². The fourth-order valence-electron chi connectivity index (χ4n) is 2.80. The summed E-state index contributed by atoms with van der Waals surface area (Å²) in [7, 11) is 0. The molecule has 24 heavy (non-hydrogen) atoms. The van der Waals surface area contributed by atoms with E-state index in [0.29, 0.717) is 0 Å². The monoisotopic (exact) mass is 318 g/mol. The summed E-state index contributed by atoms with van der Waals surface area (Å²) in [5, 5.41) is 2.12. The van der Waals surface area contributed by atoms with Gasteiger partial charge in [-0.3, -0.25) is 4.79 Å². The highest BCUT2D eigenvalue weighted by molar-refractivity contribution is 6.02. The minimum atomic E-state index is 0.775. The summed E-state index contributed by atoms with van der Waals surface area (Å²) in [4.78, 5) is 11.6. The van der Waals surface area contributed by atoms with Gasteiger partial charge in [-0.1, -0.05) is 65.8 Å². The number of hydrogen-bond acceptors (Lipinski definition) is 1. The van der Waals surface area contributed by atoms with Crippen LogP contribution in [0.1, 0.15) is 56.5 Å². The lowest BCUT2D eigenvalue weighted by atomic mass is 9.95. The maximum atomic E-state index is 11.6. The average Bonchev–Trinajstić information content (AvgIpc) is 2.58. The van der Waals surface area contributed by atoms with E-state index < -0.39 is 0 Å². The summed E-state index contributed by atoms with van der Waals surface area (Å²) in [6.07, 6.45) is 9.66. The van der Waals surface area contributed by atoms with Crippen molar-refractivity contribution in [1.29, 1.82) is 0 Å². The summed E-state index contributed by atoms with van der Waals surface area (Å²) in [5.74, 6) is 0. The predicted molar refractivity (Wildman–Crippen MR) is 105 cm³/mol. The molecule has 0 bridgehead atoms. The molecule has 0 N–H and O–H groups in total. The Bertz CT molecular complexity index is 815. The van der Waals surface area contributed by atoms with Crippen molar-refractivity contribution in [3.8, 4) is 0 Å². The van der Waals surface area contributed by atoms with Crippen molar-refractivity contribution in [2.45, 2.75) is 40.5 Å². The van der Waals surface area contributed by atoms with E-state index in [-0.39, 0.29) is 0 Å². The van der Waals surface area contributed by atoms with Crippen LogP contribution in [-0.2, 0) is 0 Å². The van der Waals surface area contributed by atoms with Crippen molar-refractivity contribution in [2.24, 2.45) is 0 Å². The third kappa shape index (κ3) is 4.55. The van der Waals surface area contributed by atoms with Crippen LogP contribution in [0.25, 0.3) is 16.3 Å². The van der Waals surface area contributed by atoms with Crippen molar-refractivity contribution in [1.82, 2.24) is 0 Å². The van der Waals surface area contributed by atoms with Gasteiger partial charge in [-0.25, -0.2) is 0 Å². The minimum absolute atomic E-state index is 0.775. The van der Waals surface area contributed by atoms with Gasteiger partial charge >= 0.3 is 0 Å². The number of fused-ring (bicyclic) bond motifs is 1. The van der Waals surface area contributed by atoms with Crippen molar-refractivity contribution in [3.63, 3.8) is 0 Å². The van der Waals surface area contributed by atoms with Crippen LogP contribution in [0.5, 0.6) is 0 Å². The van der Waals surface area contributed by atoms with Crippen LogP contribution >= 0.6 is 0 Å². The Morgan fingerprint density at radius 3 is 2.42 bits per heavy atom. The summed E-state index contributed by atoms with van der Waals surface area (Å²) in [5.41, 5.74) is 5.61. The van der Waals surface area contributed by atoms with E-state index in [1.165, 1.54) is 11.1 Å². The highest BCUT2D eigenvalue weighted by Crippen LogP contribution is 2.26. The number of allylic oxidation sites excluding steroid dienone is 6. The Kier molecular flexibility index (Phi) is 6.31. The molecule has 0 amide bonds. The van der Waals surface area contributed by atoms with E-state index in [9.17, 15) is 4.79 Å². The number of carbonyl (C=O) groups is 1. The molecule has 0 radical (unpaired) electrons. The van der Waals surface area contributed by atoms with E-state index in [1.807, 2.05) is 30.3 Å². The van der Waals surface area contributed by atoms with Crippen molar-refractivity contribution >= 4 is 22.6 Å². The van der Waals surface area contributed by atoms with Crippen LogP contribution in [0.2, 0.25) is 0 Å². The van der Waals surface area contributed by atoms with Gasteiger partial charge in [0.2, 0.25) is 0 Å². The van der Waals surface area contributed by atoms with Crippen LogP contribution in [0.3, 0.4) is 0 Å². The van der Waals surface area contributed by atoms with Crippen LogP contribution < -0.4 is 0 Å².